The highest BCUT2D eigenvalue weighted by Crippen LogP contribution is 2.40. The summed E-state index contributed by atoms with van der Waals surface area (Å²) in [5, 5.41) is 7.22. The fraction of sp³-hybridized carbons (Fsp3) is 0.517. The third kappa shape index (κ3) is 5.13. The van der Waals surface area contributed by atoms with Crippen LogP contribution in [0.5, 0.6) is 5.75 Å². The van der Waals surface area contributed by atoms with Gasteiger partial charge in [0.2, 0.25) is 11.9 Å². The van der Waals surface area contributed by atoms with Crippen LogP contribution in [0.15, 0.2) is 28.9 Å². The number of likely N-dealkylation sites (N-methyl/N-ethyl adjacent to an activating group) is 2. The Bertz CT molecular complexity index is 1460. The first-order chi connectivity index (χ1) is 20.4. The number of amides is 2. The summed E-state index contributed by atoms with van der Waals surface area (Å²) in [4.78, 5) is 47.7. The summed E-state index contributed by atoms with van der Waals surface area (Å²) in [5.41, 5.74) is 1.98. The van der Waals surface area contributed by atoms with Gasteiger partial charge in [-0.25, -0.2) is 4.98 Å². The molecule has 2 aliphatic heterocycles. The summed E-state index contributed by atoms with van der Waals surface area (Å²) in [6.07, 6.45) is 6.82. The Morgan fingerprint density at radius 2 is 1.88 bits per heavy atom. The van der Waals surface area contributed by atoms with Crippen molar-refractivity contribution in [2.24, 2.45) is 0 Å². The zero-order valence-electron chi connectivity index (χ0n) is 24.5. The highest BCUT2D eigenvalue weighted by molar-refractivity contribution is 6.04. The van der Waals surface area contributed by atoms with Crippen molar-refractivity contribution in [3.8, 4) is 17.2 Å². The Hall–Kier alpha value is -4.26. The van der Waals surface area contributed by atoms with E-state index >= 15 is 0 Å². The van der Waals surface area contributed by atoms with Gasteiger partial charge in [-0.15, -0.1) is 0 Å². The normalized spacial score (nSPS) is 19.8. The van der Waals surface area contributed by atoms with Crippen LogP contribution >= 0.6 is 0 Å². The standard InChI is InChI=1S/C29H37N9O4/c1-5-21-27(39)36(3)22-17-30-29(33-25(22)38(21)19-8-6-7-9-19)31-20-11-10-18(16-23(20)41-4)26-32-24(34-42-26)28(40)37-14-12-35(2)13-15-37/h10-11,16-17,19,21H,5-9,12-15H2,1-4H3,(H,30,31,33)/t21-/m1/s1. The number of rotatable bonds is 7. The molecular formula is C29H37N9O4. The van der Waals surface area contributed by atoms with Crippen LogP contribution in [0.3, 0.4) is 0 Å². The van der Waals surface area contributed by atoms with Crippen LogP contribution in [-0.4, -0.2) is 101 Å². The zero-order valence-corrected chi connectivity index (χ0v) is 24.5. The molecule has 222 valence electrons. The van der Waals surface area contributed by atoms with E-state index in [1.165, 1.54) is 0 Å². The number of hydrogen-bond donors (Lipinski definition) is 1. The maximum Gasteiger partial charge on any atom is 0.295 e. The first kappa shape index (κ1) is 27.9. The lowest BCUT2D eigenvalue weighted by Crippen LogP contribution is -2.55. The van der Waals surface area contributed by atoms with Crippen molar-refractivity contribution in [2.45, 2.75) is 51.1 Å². The van der Waals surface area contributed by atoms with E-state index in [9.17, 15) is 9.59 Å². The van der Waals surface area contributed by atoms with Gasteiger partial charge >= 0.3 is 0 Å². The van der Waals surface area contributed by atoms with Crippen LogP contribution in [0.4, 0.5) is 23.1 Å². The van der Waals surface area contributed by atoms with Crippen LogP contribution in [0.25, 0.3) is 11.5 Å². The van der Waals surface area contributed by atoms with E-state index in [0.717, 1.165) is 44.6 Å². The second-order valence-corrected chi connectivity index (χ2v) is 11.1. The van der Waals surface area contributed by atoms with Gasteiger partial charge in [0.25, 0.3) is 17.6 Å². The van der Waals surface area contributed by atoms with Crippen LogP contribution in [0.1, 0.15) is 49.6 Å². The Morgan fingerprint density at radius 3 is 2.60 bits per heavy atom. The van der Waals surface area contributed by atoms with Gasteiger partial charge in [0.05, 0.1) is 19.0 Å². The van der Waals surface area contributed by atoms with Crippen molar-refractivity contribution >= 4 is 35.0 Å². The molecule has 4 heterocycles. The van der Waals surface area contributed by atoms with E-state index in [-0.39, 0.29) is 35.6 Å². The average Bonchev–Trinajstić information content (AvgIpc) is 3.72. The predicted molar refractivity (Wildman–Crippen MR) is 157 cm³/mol. The van der Waals surface area contributed by atoms with E-state index in [1.54, 1.807) is 36.2 Å². The van der Waals surface area contributed by atoms with E-state index in [2.05, 4.69) is 30.2 Å². The third-order valence-electron chi connectivity index (χ3n) is 8.51. The minimum atomic E-state index is -0.246. The molecule has 0 radical (unpaired) electrons. The van der Waals surface area contributed by atoms with Crippen molar-refractivity contribution in [1.29, 1.82) is 0 Å². The molecule has 2 fully saturated rings. The molecule has 0 unspecified atom stereocenters. The molecule has 1 aliphatic carbocycles. The van der Waals surface area contributed by atoms with Gasteiger partial charge in [-0.1, -0.05) is 24.9 Å². The van der Waals surface area contributed by atoms with Gasteiger partial charge in [-0.05, 0) is 44.5 Å². The fourth-order valence-corrected chi connectivity index (χ4v) is 6.07. The highest BCUT2D eigenvalue weighted by atomic mass is 16.5. The van der Waals surface area contributed by atoms with Crippen LogP contribution in [0, 0.1) is 0 Å². The summed E-state index contributed by atoms with van der Waals surface area (Å²) in [6, 6.07) is 5.44. The summed E-state index contributed by atoms with van der Waals surface area (Å²) in [7, 11) is 5.39. The first-order valence-electron chi connectivity index (χ1n) is 14.6. The van der Waals surface area contributed by atoms with E-state index in [4.69, 9.17) is 14.2 Å². The first-order valence-corrected chi connectivity index (χ1v) is 14.6. The Labute approximate surface area is 244 Å². The number of nitrogens with one attached hydrogen (secondary N) is 1. The molecule has 42 heavy (non-hydrogen) atoms. The molecule has 3 aromatic rings. The maximum absolute atomic E-state index is 13.2. The Kier molecular flexibility index (Phi) is 7.67. The average molecular weight is 576 g/mol. The molecular weight excluding hydrogens is 538 g/mol. The largest absolute Gasteiger partial charge is 0.495 e. The maximum atomic E-state index is 13.2. The zero-order chi connectivity index (χ0) is 29.4. The Balaban J connectivity index is 1.24. The van der Waals surface area contributed by atoms with Crippen molar-refractivity contribution in [2.75, 3.05) is 62.5 Å². The second-order valence-electron chi connectivity index (χ2n) is 11.1. The van der Waals surface area contributed by atoms with Gasteiger partial charge < -0.3 is 34.2 Å². The minimum absolute atomic E-state index is 0.0406. The Morgan fingerprint density at radius 1 is 1.12 bits per heavy atom. The lowest BCUT2D eigenvalue weighted by atomic mass is 10.0. The van der Waals surface area contributed by atoms with Crippen molar-refractivity contribution < 1.29 is 18.8 Å². The number of carbonyl (C=O) groups is 2. The van der Waals surface area contributed by atoms with Gasteiger partial charge in [-0.3, -0.25) is 9.59 Å². The van der Waals surface area contributed by atoms with E-state index in [1.807, 2.05) is 26.1 Å². The second kappa shape index (κ2) is 11.6. The number of hydrogen-bond acceptors (Lipinski definition) is 11. The number of carbonyl (C=O) groups excluding carboxylic acids is 2. The molecule has 13 nitrogen and oxygen atoms in total. The smallest absolute Gasteiger partial charge is 0.295 e. The molecule has 6 rings (SSSR count). The summed E-state index contributed by atoms with van der Waals surface area (Å²) in [5.74, 6) is 1.80. The van der Waals surface area contributed by atoms with Gasteiger partial charge in [0.15, 0.2) is 5.82 Å². The van der Waals surface area contributed by atoms with Gasteiger partial charge in [-0.2, -0.15) is 9.97 Å². The number of piperazine rings is 1. The number of aromatic nitrogens is 4. The summed E-state index contributed by atoms with van der Waals surface area (Å²) < 4.78 is 11.1. The number of methoxy groups -OCH3 is 1. The number of ether oxygens (including phenoxy) is 1. The number of nitrogens with zero attached hydrogens (tertiary/aromatic N) is 8. The molecule has 1 atom stereocenters. The highest BCUT2D eigenvalue weighted by Gasteiger charge is 2.41. The van der Waals surface area contributed by atoms with Crippen LogP contribution < -0.4 is 19.9 Å². The number of benzene rings is 1. The molecule has 1 saturated heterocycles. The molecule has 0 bridgehead atoms. The number of fused-ring (bicyclic) bond motifs is 1. The summed E-state index contributed by atoms with van der Waals surface area (Å²) >= 11 is 0. The molecule has 2 amide bonds. The molecule has 3 aliphatic rings. The van der Waals surface area contributed by atoms with Crippen molar-refractivity contribution in [3.05, 3.63) is 30.2 Å². The number of anilines is 4. The molecule has 1 saturated carbocycles. The monoisotopic (exact) mass is 575 g/mol. The molecule has 1 N–H and O–H groups in total. The predicted octanol–water partition coefficient (Wildman–Crippen LogP) is 3.17. The third-order valence-corrected chi connectivity index (χ3v) is 8.51. The van der Waals surface area contributed by atoms with E-state index < -0.39 is 0 Å². The van der Waals surface area contributed by atoms with Crippen molar-refractivity contribution in [3.63, 3.8) is 0 Å². The van der Waals surface area contributed by atoms with Gasteiger partial charge in [0, 0.05) is 44.8 Å². The van der Waals surface area contributed by atoms with Crippen LogP contribution in [-0.2, 0) is 4.79 Å². The minimum Gasteiger partial charge on any atom is -0.495 e. The van der Waals surface area contributed by atoms with Crippen molar-refractivity contribution in [1.82, 2.24) is 29.9 Å². The SMILES string of the molecule is CC[C@@H]1C(=O)N(C)c2cnc(Nc3ccc(-c4nc(C(=O)N5CCN(C)CC5)no4)cc3OC)nc2N1C1CCCC1. The molecule has 0 spiro atoms. The topological polar surface area (TPSA) is 133 Å². The fourth-order valence-electron chi connectivity index (χ4n) is 6.07. The van der Waals surface area contributed by atoms with E-state index in [0.29, 0.717) is 48.1 Å². The quantitative estimate of drug-likeness (QED) is 0.445. The summed E-state index contributed by atoms with van der Waals surface area (Å²) in [6.45, 7) is 4.92. The molecule has 13 heteroatoms. The van der Waals surface area contributed by atoms with Gasteiger partial charge in [0.1, 0.15) is 17.5 Å². The molecule has 1 aromatic carbocycles. The lowest BCUT2D eigenvalue weighted by molar-refractivity contribution is -0.120. The van der Waals surface area contributed by atoms with Crippen LogP contribution in [0.2, 0.25) is 0 Å². The molecule has 2 aromatic heterocycles. The lowest BCUT2D eigenvalue weighted by Gasteiger charge is -2.43.